The normalized spacial score (nSPS) is 13.8. The Labute approximate surface area is 345 Å². The third-order valence-electron chi connectivity index (χ3n) is 7.55. The number of carbonyl (C=O) groups is 3. The molecule has 0 spiro atoms. The molecule has 57 heavy (non-hydrogen) atoms. The Bertz CT molecular complexity index is 1450. The van der Waals surface area contributed by atoms with Gasteiger partial charge in [-0.15, -0.1) is 0 Å². The van der Waals surface area contributed by atoms with E-state index < -0.39 is 12.1 Å². The zero-order chi connectivity index (χ0) is 41.5. The van der Waals surface area contributed by atoms with E-state index in [2.05, 4.69) is 45.1 Å². The Hall–Kier alpha value is -5.23. The van der Waals surface area contributed by atoms with Crippen molar-refractivity contribution in [3.63, 3.8) is 0 Å². The molecule has 0 rings (SSSR count). The largest absolute Gasteiger partial charge is 0.462 e. The van der Waals surface area contributed by atoms with Gasteiger partial charge in [0.2, 0.25) is 0 Å². The van der Waals surface area contributed by atoms with Crippen molar-refractivity contribution in [2.45, 2.75) is 117 Å². The van der Waals surface area contributed by atoms with Gasteiger partial charge in [-0.05, 0) is 64.2 Å². The molecule has 0 aromatic rings. The second kappa shape index (κ2) is 43.5. The van der Waals surface area contributed by atoms with Crippen molar-refractivity contribution < 1.29 is 28.6 Å². The first-order valence-electron chi connectivity index (χ1n) is 20.8. The van der Waals surface area contributed by atoms with Gasteiger partial charge >= 0.3 is 17.9 Å². The highest BCUT2D eigenvalue weighted by atomic mass is 16.6. The number of hydrogen-bond donors (Lipinski definition) is 0. The lowest BCUT2D eigenvalue weighted by atomic mass is 10.1. The van der Waals surface area contributed by atoms with Crippen LogP contribution in [-0.4, -0.2) is 37.2 Å². The first-order chi connectivity index (χ1) is 28.0. The van der Waals surface area contributed by atoms with Gasteiger partial charge in [-0.1, -0.05) is 197 Å². The summed E-state index contributed by atoms with van der Waals surface area (Å²) in [5, 5.41) is 0. The highest BCUT2D eigenvalue weighted by molar-refractivity contribution is 5.71. The standard InChI is InChI=1S/C51H70O6/c1-4-7-10-13-16-19-22-25-28-31-34-37-40-43-49(52)55-46-48(57-51(54)45-42-39-36-33-30-27-24-21-18-15-12-9-6-3)47-56-50(53)44-41-38-35-32-29-26-23-20-17-14-11-8-5-2/h7-31,33-34,36,48H,4-6,32,35,37-47H2,1-3H3/b10-7+,11-8+,12-9+,16-13+,17-14+,18-15+,22-19+,23-20+,24-21+,28-25+,29-26+,30-27+,34-31+,36-33+. The first-order valence-corrected chi connectivity index (χ1v) is 20.8. The molecule has 0 fully saturated rings. The van der Waals surface area contributed by atoms with Crippen LogP contribution >= 0.6 is 0 Å². The molecule has 0 N–H and O–H groups in total. The van der Waals surface area contributed by atoms with E-state index in [4.69, 9.17) is 14.2 Å². The van der Waals surface area contributed by atoms with Crippen molar-refractivity contribution in [3.8, 4) is 0 Å². The molecule has 0 aliphatic heterocycles. The van der Waals surface area contributed by atoms with Crippen molar-refractivity contribution in [3.05, 3.63) is 170 Å². The van der Waals surface area contributed by atoms with Crippen LogP contribution in [0, 0.1) is 0 Å². The molecule has 0 saturated heterocycles. The van der Waals surface area contributed by atoms with Gasteiger partial charge < -0.3 is 14.2 Å². The van der Waals surface area contributed by atoms with Crippen LogP contribution in [0.15, 0.2) is 170 Å². The van der Waals surface area contributed by atoms with Gasteiger partial charge in [0.15, 0.2) is 6.10 Å². The summed E-state index contributed by atoms with van der Waals surface area (Å²) >= 11 is 0. The van der Waals surface area contributed by atoms with E-state index in [9.17, 15) is 14.4 Å². The predicted molar refractivity (Wildman–Crippen MR) is 241 cm³/mol. The molecule has 0 bridgehead atoms. The zero-order valence-corrected chi connectivity index (χ0v) is 35.0. The van der Waals surface area contributed by atoms with Gasteiger partial charge in [0, 0.05) is 19.3 Å². The molecule has 1 atom stereocenters. The van der Waals surface area contributed by atoms with E-state index in [1.807, 2.05) is 146 Å². The molecule has 0 radical (unpaired) electrons. The third-order valence-corrected chi connectivity index (χ3v) is 7.55. The van der Waals surface area contributed by atoms with Crippen LogP contribution in [-0.2, 0) is 28.6 Å². The Morgan fingerprint density at radius 2 is 0.649 bits per heavy atom. The fourth-order valence-electron chi connectivity index (χ4n) is 4.51. The molecule has 0 saturated carbocycles. The van der Waals surface area contributed by atoms with Crippen molar-refractivity contribution >= 4 is 17.9 Å². The molecule has 0 amide bonds. The maximum atomic E-state index is 12.7. The maximum Gasteiger partial charge on any atom is 0.306 e. The summed E-state index contributed by atoms with van der Waals surface area (Å²) in [4.78, 5) is 37.6. The number of ether oxygens (including phenoxy) is 3. The predicted octanol–water partition coefficient (Wildman–Crippen LogP) is 13.3. The quantitative estimate of drug-likeness (QED) is 0.0286. The topological polar surface area (TPSA) is 78.9 Å². The molecule has 310 valence electrons. The third kappa shape index (κ3) is 41.8. The van der Waals surface area contributed by atoms with E-state index in [0.717, 1.165) is 44.9 Å². The van der Waals surface area contributed by atoms with Crippen LogP contribution in [0.25, 0.3) is 0 Å². The second-order valence-corrected chi connectivity index (χ2v) is 12.7. The van der Waals surface area contributed by atoms with E-state index in [1.165, 1.54) is 0 Å². The number of allylic oxidation sites excluding steroid dienone is 28. The summed E-state index contributed by atoms with van der Waals surface area (Å²) in [5.41, 5.74) is 0. The maximum absolute atomic E-state index is 12.7. The van der Waals surface area contributed by atoms with E-state index in [0.29, 0.717) is 25.7 Å². The molecule has 0 aliphatic rings. The average Bonchev–Trinajstić information content (AvgIpc) is 3.21. The van der Waals surface area contributed by atoms with Gasteiger partial charge in [-0.3, -0.25) is 14.4 Å². The second-order valence-electron chi connectivity index (χ2n) is 12.7. The minimum Gasteiger partial charge on any atom is -0.462 e. The molecule has 6 heteroatoms. The number of hydrogen-bond acceptors (Lipinski definition) is 6. The van der Waals surface area contributed by atoms with E-state index >= 15 is 0 Å². The molecule has 1 unspecified atom stereocenters. The lowest BCUT2D eigenvalue weighted by Gasteiger charge is -2.18. The molecule has 0 aliphatic carbocycles. The van der Waals surface area contributed by atoms with Crippen molar-refractivity contribution in [2.75, 3.05) is 13.2 Å². The minimum atomic E-state index is -0.867. The number of esters is 3. The molecule has 0 heterocycles. The summed E-state index contributed by atoms with van der Waals surface area (Å²) in [6.45, 7) is 5.97. The van der Waals surface area contributed by atoms with Gasteiger partial charge in [0.05, 0.1) is 0 Å². The van der Waals surface area contributed by atoms with Gasteiger partial charge in [0.25, 0.3) is 0 Å². The highest BCUT2D eigenvalue weighted by Crippen LogP contribution is 2.09. The minimum absolute atomic E-state index is 0.160. The van der Waals surface area contributed by atoms with Gasteiger partial charge in [-0.25, -0.2) is 0 Å². The Morgan fingerprint density at radius 1 is 0.351 bits per heavy atom. The van der Waals surface area contributed by atoms with Crippen molar-refractivity contribution in [2.24, 2.45) is 0 Å². The number of rotatable bonds is 33. The van der Waals surface area contributed by atoms with Crippen LogP contribution < -0.4 is 0 Å². The lowest BCUT2D eigenvalue weighted by molar-refractivity contribution is -0.167. The van der Waals surface area contributed by atoms with Gasteiger partial charge in [0.1, 0.15) is 13.2 Å². The fourth-order valence-corrected chi connectivity index (χ4v) is 4.51. The smallest absolute Gasteiger partial charge is 0.306 e. The molecule has 0 aromatic carbocycles. The summed E-state index contributed by atoms with van der Waals surface area (Å²) in [6, 6.07) is 0. The first kappa shape index (κ1) is 51.8. The summed E-state index contributed by atoms with van der Waals surface area (Å²) in [7, 11) is 0. The summed E-state index contributed by atoms with van der Waals surface area (Å²) < 4.78 is 16.5. The summed E-state index contributed by atoms with van der Waals surface area (Å²) in [6.07, 6.45) is 64.9. The van der Waals surface area contributed by atoms with Gasteiger partial charge in [-0.2, -0.15) is 0 Å². The lowest BCUT2D eigenvalue weighted by Crippen LogP contribution is -2.30. The Kier molecular flexibility index (Phi) is 39.5. The zero-order valence-electron chi connectivity index (χ0n) is 35.0. The summed E-state index contributed by atoms with van der Waals surface area (Å²) in [5.74, 6) is -1.17. The average molecular weight is 779 g/mol. The van der Waals surface area contributed by atoms with Crippen LogP contribution in [0.1, 0.15) is 111 Å². The number of unbranched alkanes of at least 4 members (excludes halogenated alkanes) is 5. The SMILES string of the molecule is CC/C=C/C=C/C=C/C=C/C=C/CCCC(=O)OCC(COC(=O)CCCCC/C=C/C=C/C=C/C=C/CC)OC(=O)CCC/C=C/C=C/C=C/C=C/C=C/CC. The highest BCUT2D eigenvalue weighted by Gasteiger charge is 2.19. The number of carbonyl (C=O) groups excluding carboxylic acids is 3. The van der Waals surface area contributed by atoms with Crippen molar-refractivity contribution in [1.29, 1.82) is 0 Å². The monoisotopic (exact) mass is 779 g/mol. The van der Waals surface area contributed by atoms with Crippen LogP contribution in [0.4, 0.5) is 0 Å². The van der Waals surface area contributed by atoms with E-state index in [1.54, 1.807) is 0 Å². The molecule has 6 nitrogen and oxygen atoms in total. The molecular weight excluding hydrogens is 709 g/mol. The Morgan fingerprint density at radius 3 is 1.02 bits per heavy atom. The van der Waals surface area contributed by atoms with Crippen LogP contribution in [0.5, 0.6) is 0 Å². The van der Waals surface area contributed by atoms with Crippen LogP contribution in [0.3, 0.4) is 0 Å². The van der Waals surface area contributed by atoms with E-state index in [-0.39, 0.29) is 44.4 Å². The molecule has 0 aromatic heterocycles. The van der Waals surface area contributed by atoms with Crippen molar-refractivity contribution in [1.82, 2.24) is 0 Å². The van der Waals surface area contributed by atoms with Crippen LogP contribution in [0.2, 0.25) is 0 Å². The molecular formula is C51H70O6. The fraction of sp³-hybridized carbons (Fsp3) is 0.392. The Balaban J connectivity index is 4.76.